The highest BCUT2D eigenvalue weighted by molar-refractivity contribution is 7.92. The van der Waals surface area contributed by atoms with E-state index in [2.05, 4.69) is 10.0 Å². The standard InChI is InChI=1S/C27H38N4O7S/c1-17(2)28-27(34)30(5)15-24-18(3)14-31(19(4)16-32)26(33)22-8-7-9-23(25(22)38-24)29-39(35,36)21-12-10-20(37-6)11-13-21/h7-13,17-19,24,29,32H,14-16H2,1-6H3,(H,28,34)/t18-,19+,24-/m1/s1. The summed E-state index contributed by atoms with van der Waals surface area (Å²) < 4.78 is 40.6. The Morgan fingerprint density at radius 1 is 1.21 bits per heavy atom. The highest BCUT2D eigenvalue weighted by atomic mass is 32.2. The Labute approximate surface area is 230 Å². The summed E-state index contributed by atoms with van der Waals surface area (Å²) in [5.74, 6) is -0.0953. The summed E-state index contributed by atoms with van der Waals surface area (Å²) in [6.45, 7) is 7.54. The van der Waals surface area contributed by atoms with Gasteiger partial charge in [-0.15, -0.1) is 0 Å². The summed E-state index contributed by atoms with van der Waals surface area (Å²) in [7, 11) is -0.921. The van der Waals surface area contributed by atoms with Crippen LogP contribution >= 0.6 is 0 Å². The maximum Gasteiger partial charge on any atom is 0.317 e. The van der Waals surface area contributed by atoms with E-state index in [-0.39, 0.29) is 59.6 Å². The molecule has 214 valence electrons. The van der Waals surface area contributed by atoms with Gasteiger partial charge in [0.15, 0.2) is 5.75 Å². The summed E-state index contributed by atoms with van der Waals surface area (Å²) in [6.07, 6.45) is -0.597. The van der Waals surface area contributed by atoms with Gasteiger partial charge in [0, 0.05) is 25.6 Å². The number of rotatable bonds is 9. The van der Waals surface area contributed by atoms with Gasteiger partial charge in [0.25, 0.3) is 15.9 Å². The lowest BCUT2D eigenvalue weighted by Gasteiger charge is -2.38. The summed E-state index contributed by atoms with van der Waals surface area (Å²) in [4.78, 5) is 29.3. The first-order valence-electron chi connectivity index (χ1n) is 12.8. The maximum absolute atomic E-state index is 13.6. The van der Waals surface area contributed by atoms with E-state index in [9.17, 15) is 23.1 Å². The van der Waals surface area contributed by atoms with Gasteiger partial charge in [0.1, 0.15) is 11.9 Å². The predicted octanol–water partition coefficient (Wildman–Crippen LogP) is 2.77. The van der Waals surface area contributed by atoms with Crippen molar-refractivity contribution in [2.45, 2.75) is 50.8 Å². The topological polar surface area (TPSA) is 138 Å². The van der Waals surface area contributed by atoms with E-state index < -0.39 is 28.1 Å². The predicted molar refractivity (Wildman–Crippen MR) is 148 cm³/mol. The van der Waals surface area contributed by atoms with Crippen LogP contribution in [0.4, 0.5) is 10.5 Å². The molecule has 3 amide bonds. The molecule has 0 radical (unpaired) electrons. The van der Waals surface area contributed by atoms with Crippen molar-refractivity contribution >= 4 is 27.6 Å². The minimum absolute atomic E-state index is 0.00334. The zero-order valence-corrected chi connectivity index (χ0v) is 24.0. The molecule has 2 aromatic carbocycles. The number of amides is 3. The van der Waals surface area contributed by atoms with E-state index in [1.807, 2.05) is 20.8 Å². The zero-order chi connectivity index (χ0) is 28.9. The van der Waals surface area contributed by atoms with Crippen molar-refractivity contribution in [1.29, 1.82) is 0 Å². The Balaban J connectivity index is 2.04. The van der Waals surface area contributed by atoms with Gasteiger partial charge in [-0.25, -0.2) is 13.2 Å². The van der Waals surface area contributed by atoms with Crippen molar-refractivity contribution in [3.8, 4) is 11.5 Å². The Bertz CT molecular complexity index is 1270. The van der Waals surface area contributed by atoms with Gasteiger partial charge in [-0.1, -0.05) is 13.0 Å². The Morgan fingerprint density at radius 2 is 1.87 bits per heavy atom. The highest BCUT2D eigenvalue weighted by Gasteiger charge is 2.35. The normalized spacial score (nSPS) is 18.4. The van der Waals surface area contributed by atoms with E-state index >= 15 is 0 Å². The van der Waals surface area contributed by atoms with E-state index in [1.54, 1.807) is 31.0 Å². The molecule has 1 heterocycles. The summed E-state index contributed by atoms with van der Waals surface area (Å²) in [6, 6.07) is 9.71. The van der Waals surface area contributed by atoms with Crippen LogP contribution in [0.25, 0.3) is 0 Å². The zero-order valence-electron chi connectivity index (χ0n) is 23.2. The molecule has 3 atom stereocenters. The highest BCUT2D eigenvalue weighted by Crippen LogP contribution is 2.36. The molecule has 0 fully saturated rings. The fourth-order valence-corrected chi connectivity index (χ4v) is 5.27. The molecule has 0 bridgehead atoms. The lowest BCUT2D eigenvalue weighted by atomic mass is 9.99. The van der Waals surface area contributed by atoms with E-state index in [4.69, 9.17) is 9.47 Å². The molecule has 3 rings (SSSR count). The number of para-hydroxylation sites is 1. The number of aliphatic hydroxyl groups excluding tert-OH is 1. The van der Waals surface area contributed by atoms with Crippen LogP contribution in [0.5, 0.6) is 11.5 Å². The largest absolute Gasteiger partial charge is 0.497 e. The van der Waals surface area contributed by atoms with Gasteiger partial charge in [-0.2, -0.15) is 0 Å². The van der Waals surface area contributed by atoms with Gasteiger partial charge in [-0.3, -0.25) is 9.52 Å². The molecule has 0 aliphatic carbocycles. The van der Waals surface area contributed by atoms with Crippen molar-refractivity contribution in [1.82, 2.24) is 15.1 Å². The smallest absolute Gasteiger partial charge is 0.317 e. The summed E-state index contributed by atoms with van der Waals surface area (Å²) in [5, 5.41) is 12.7. The number of ether oxygens (including phenoxy) is 2. The molecule has 2 aromatic rings. The molecule has 0 saturated carbocycles. The van der Waals surface area contributed by atoms with Crippen LogP contribution in [0, 0.1) is 5.92 Å². The Kier molecular flexibility index (Phi) is 9.68. The molecule has 1 aliphatic rings. The molecule has 0 spiro atoms. The van der Waals surface area contributed by atoms with Crippen molar-refractivity contribution < 1.29 is 32.6 Å². The minimum atomic E-state index is -4.05. The number of nitrogens with zero attached hydrogens (tertiary/aromatic N) is 2. The number of fused-ring (bicyclic) bond motifs is 1. The maximum atomic E-state index is 13.6. The van der Waals surface area contributed by atoms with Crippen molar-refractivity contribution in [2.24, 2.45) is 5.92 Å². The number of sulfonamides is 1. The number of carbonyl (C=O) groups is 2. The molecule has 39 heavy (non-hydrogen) atoms. The van der Waals surface area contributed by atoms with Gasteiger partial charge in [-0.05, 0) is 57.2 Å². The number of urea groups is 1. The first-order chi connectivity index (χ1) is 18.4. The molecular formula is C27H38N4O7S. The van der Waals surface area contributed by atoms with Crippen LogP contribution in [0.1, 0.15) is 38.1 Å². The second-order valence-corrected chi connectivity index (χ2v) is 11.8. The van der Waals surface area contributed by atoms with Gasteiger partial charge >= 0.3 is 6.03 Å². The molecular weight excluding hydrogens is 524 g/mol. The molecule has 0 unspecified atom stereocenters. The minimum Gasteiger partial charge on any atom is -0.497 e. The summed E-state index contributed by atoms with van der Waals surface area (Å²) >= 11 is 0. The second kappa shape index (κ2) is 12.6. The molecule has 3 N–H and O–H groups in total. The van der Waals surface area contributed by atoms with Gasteiger partial charge in [0.2, 0.25) is 0 Å². The molecule has 11 nitrogen and oxygen atoms in total. The number of hydrogen-bond donors (Lipinski definition) is 3. The number of aliphatic hydroxyl groups is 1. The fourth-order valence-electron chi connectivity index (χ4n) is 4.21. The summed E-state index contributed by atoms with van der Waals surface area (Å²) in [5.41, 5.74) is 0.234. The van der Waals surface area contributed by atoms with Crippen molar-refractivity contribution in [3.63, 3.8) is 0 Å². The third-order valence-electron chi connectivity index (χ3n) is 6.52. The third kappa shape index (κ3) is 7.12. The number of benzene rings is 2. The lowest BCUT2D eigenvalue weighted by Crippen LogP contribution is -2.51. The van der Waals surface area contributed by atoms with Gasteiger partial charge < -0.3 is 29.7 Å². The number of likely N-dealkylation sites (N-methyl/N-ethyl adjacent to an activating group) is 1. The molecule has 0 saturated heterocycles. The SMILES string of the molecule is COc1ccc(S(=O)(=O)Nc2cccc3c2O[C@H](CN(C)C(=O)NC(C)C)[C@H](C)CN([C@@H](C)CO)C3=O)cc1. The monoisotopic (exact) mass is 562 g/mol. The van der Waals surface area contributed by atoms with Crippen LogP contribution in [0.15, 0.2) is 47.4 Å². The number of anilines is 1. The van der Waals surface area contributed by atoms with Crippen LogP contribution < -0.4 is 19.5 Å². The first-order valence-corrected chi connectivity index (χ1v) is 14.3. The van der Waals surface area contributed by atoms with Crippen molar-refractivity contribution in [2.75, 3.05) is 38.6 Å². The first kappa shape index (κ1) is 30.0. The fraction of sp³-hybridized carbons (Fsp3) is 0.481. The molecule has 1 aliphatic heterocycles. The number of nitrogens with one attached hydrogen (secondary N) is 2. The second-order valence-electron chi connectivity index (χ2n) is 10.1. The average molecular weight is 563 g/mol. The molecule has 12 heteroatoms. The van der Waals surface area contributed by atoms with Gasteiger partial charge in [0.05, 0.1) is 42.4 Å². The number of methoxy groups -OCH3 is 1. The Morgan fingerprint density at radius 3 is 2.46 bits per heavy atom. The van der Waals surface area contributed by atoms with Crippen molar-refractivity contribution in [3.05, 3.63) is 48.0 Å². The quantitative estimate of drug-likeness (QED) is 0.427. The van der Waals surface area contributed by atoms with Crippen LogP contribution in [0.2, 0.25) is 0 Å². The van der Waals surface area contributed by atoms with Crippen LogP contribution in [-0.2, 0) is 10.0 Å². The average Bonchev–Trinajstić information content (AvgIpc) is 2.89. The van der Waals surface area contributed by atoms with Crippen LogP contribution in [0.3, 0.4) is 0 Å². The van der Waals surface area contributed by atoms with E-state index in [1.165, 1.54) is 42.3 Å². The number of hydrogen-bond acceptors (Lipinski definition) is 7. The lowest BCUT2D eigenvalue weighted by molar-refractivity contribution is 0.0369. The Hall–Kier alpha value is -3.51. The van der Waals surface area contributed by atoms with E-state index in [0.29, 0.717) is 5.75 Å². The number of carbonyl (C=O) groups excluding carboxylic acids is 2. The third-order valence-corrected chi connectivity index (χ3v) is 7.90. The van der Waals surface area contributed by atoms with Crippen LogP contribution in [-0.4, -0.2) is 87.3 Å². The van der Waals surface area contributed by atoms with E-state index in [0.717, 1.165) is 0 Å². The molecule has 0 aromatic heterocycles.